The summed E-state index contributed by atoms with van der Waals surface area (Å²) in [7, 11) is 1.85. The quantitative estimate of drug-likeness (QED) is 0.496. The van der Waals surface area contributed by atoms with E-state index in [0.29, 0.717) is 29.4 Å². The summed E-state index contributed by atoms with van der Waals surface area (Å²) in [5, 5.41) is 7.15. The normalized spacial score (nSPS) is 29.7. The minimum atomic E-state index is 0.324. The van der Waals surface area contributed by atoms with Gasteiger partial charge in [0.25, 0.3) is 0 Å². The molecule has 3 saturated carbocycles. The van der Waals surface area contributed by atoms with Gasteiger partial charge in [0.15, 0.2) is 5.96 Å². The van der Waals surface area contributed by atoms with E-state index in [1.165, 1.54) is 25.7 Å². The number of carbonyl (C=O) groups is 1. The van der Waals surface area contributed by atoms with E-state index in [1.54, 1.807) is 0 Å². The third-order valence-electron chi connectivity index (χ3n) is 7.83. The van der Waals surface area contributed by atoms with Gasteiger partial charge in [0, 0.05) is 70.3 Å². The molecule has 2 atom stereocenters. The largest absolute Gasteiger partial charge is 0.378 e. The molecule has 0 aromatic rings. The summed E-state index contributed by atoms with van der Waals surface area (Å²) in [6.07, 6.45) is 8.81. The summed E-state index contributed by atoms with van der Waals surface area (Å²) in [6.45, 7) is 8.50. The van der Waals surface area contributed by atoms with Crippen molar-refractivity contribution >= 4 is 11.9 Å². The number of nitrogens with zero attached hydrogens (tertiary/aromatic N) is 3. The molecule has 3 aliphatic carbocycles. The Kier molecular flexibility index (Phi) is 6.64. The summed E-state index contributed by atoms with van der Waals surface area (Å²) in [5.74, 6) is 1.63. The monoisotopic (exact) mass is 405 g/mol. The SMILES string of the molecule is CCOC1CC(NC(=NC)NCCN2CCN(C(=O)C3CCC3)CC2)C12CCC2. The number of guanidine groups is 1. The van der Waals surface area contributed by atoms with Crippen LogP contribution in [-0.4, -0.2) is 86.7 Å². The number of piperazine rings is 1. The summed E-state index contributed by atoms with van der Waals surface area (Å²) in [5.41, 5.74) is 0.344. The summed E-state index contributed by atoms with van der Waals surface area (Å²) in [4.78, 5) is 21.3. The molecule has 0 bridgehead atoms. The Bertz CT molecular complexity index is 594. The van der Waals surface area contributed by atoms with Gasteiger partial charge in [0.2, 0.25) is 5.91 Å². The van der Waals surface area contributed by atoms with Crippen LogP contribution in [0.4, 0.5) is 0 Å². The van der Waals surface area contributed by atoms with Crippen LogP contribution in [0, 0.1) is 11.3 Å². The van der Waals surface area contributed by atoms with Gasteiger partial charge >= 0.3 is 0 Å². The molecule has 4 aliphatic rings. The Morgan fingerprint density at radius 2 is 1.93 bits per heavy atom. The number of ether oxygens (including phenoxy) is 1. The van der Waals surface area contributed by atoms with E-state index < -0.39 is 0 Å². The van der Waals surface area contributed by atoms with Crippen molar-refractivity contribution in [2.24, 2.45) is 16.3 Å². The summed E-state index contributed by atoms with van der Waals surface area (Å²) in [6, 6.07) is 0.486. The minimum absolute atomic E-state index is 0.324. The van der Waals surface area contributed by atoms with Crippen molar-refractivity contribution < 1.29 is 9.53 Å². The molecule has 1 spiro atoms. The molecule has 0 aromatic carbocycles. The van der Waals surface area contributed by atoms with Crippen molar-refractivity contribution in [2.75, 3.05) is 52.9 Å². The fourth-order valence-electron chi connectivity index (χ4n) is 5.44. The van der Waals surface area contributed by atoms with Crippen LogP contribution in [0.5, 0.6) is 0 Å². The molecule has 29 heavy (non-hydrogen) atoms. The maximum Gasteiger partial charge on any atom is 0.225 e. The fraction of sp³-hybridized carbons (Fsp3) is 0.909. The number of hydrogen-bond donors (Lipinski definition) is 2. The smallest absolute Gasteiger partial charge is 0.225 e. The van der Waals surface area contributed by atoms with Crippen molar-refractivity contribution in [2.45, 2.75) is 64.0 Å². The van der Waals surface area contributed by atoms with Gasteiger partial charge in [-0.25, -0.2) is 0 Å². The highest BCUT2D eigenvalue weighted by Gasteiger charge is 2.59. The van der Waals surface area contributed by atoms with Crippen molar-refractivity contribution in [3.8, 4) is 0 Å². The Morgan fingerprint density at radius 1 is 1.17 bits per heavy atom. The van der Waals surface area contributed by atoms with Gasteiger partial charge in [-0.15, -0.1) is 0 Å². The van der Waals surface area contributed by atoms with Gasteiger partial charge in [-0.05, 0) is 39.0 Å². The van der Waals surface area contributed by atoms with Crippen LogP contribution in [-0.2, 0) is 9.53 Å². The molecule has 4 rings (SSSR count). The summed E-state index contributed by atoms with van der Waals surface area (Å²) >= 11 is 0. The van der Waals surface area contributed by atoms with E-state index in [-0.39, 0.29) is 0 Å². The number of aliphatic imine (C=N–C) groups is 1. The van der Waals surface area contributed by atoms with E-state index >= 15 is 0 Å². The first-order chi connectivity index (χ1) is 14.2. The van der Waals surface area contributed by atoms with Crippen molar-refractivity contribution in [3.63, 3.8) is 0 Å². The van der Waals surface area contributed by atoms with Crippen LogP contribution in [0.1, 0.15) is 51.9 Å². The summed E-state index contributed by atoms with van der Waals surface area (Å²) < 4.78 is 5.96. The zero-order valence-electron chi connectivity index (χ0n) is 18.3. The molecule has 7 heteroatoms. The number of nitrogens with one attached hydrogen (secondary N) is 2. The minimum Gasteiger partial charge on any atom is -0.378 e. The molecule has 4 fully saturated rings. The van der Waals surface area contributed by atoms with E-state index in [4.69, 9.17) is 4.74 Å². The van der Waals surface area contributed by atoms with Crippen LogP contribution in [0.3, 0.4) is 0 Å². The standard InChI is InChI=1S/C22H39N5O2/c1-3-29-19-16-18(22(19)8-5-9-22)25-21(23-2)24-10-11-26-12-14-27(15-13-26)20(28)17-6-4-7-17/h17-19H,3-16H2,1-2H3,(H2,23,24,25). The molecular formula is C22H39N5O2. The third kappa shape index (κ3) is 4.26. The highest BCUT2D eigenvalue weighted by molar-refractivity contribution is 5.80. The van der Waals surface area contributed by atoms with Crippen molar-refractivity contribution in [1.29, 1.82) is 0 Å². The van der Waals surface area contributed by atoms with Crippen LogP contribution in [0.15, 0.2) is 4.99 Å². The van der Waals surface area contributed by atoms with Gasteiger partial charge < -0.3 is 20.3 Å². The van der Waals surface area contributed by atoms with E-state index in [2.05, 4.69) is 32.3 Å². The molecule has 0 aromatic heterocycles. The second kappa shape index (κ2) is 9.21. The van der Waals surface area contributed by atoms with Gasteiger partial charge in [0.1, 0.15) is 0 Å². The molecule has 2 N–H and O–H groups in total. The third-order valence-corrected chi connectivity index (χ3v) is 7.83. The molecule has 7 nitrogen and oxygen atoms in total. The molecule has 164 valence electrons. The first-order valence-corrected chi connectivity index (χ1v) is 11.8. The van der Waals surface area contributed by atoms with Gasteiger partial charge in [-0.1, -0.05) is 12.8 Å². The molecular weight excluding hydrogens is 366 g/mol. The van der Waals surface area contributed by atoms with Crippen molar-refractivity contribution in [3.05, 3.63) is 0 Å². The second-order valence-electron chi connectivity index (χ2n) is 9.26. The zero-order valence-corrected chi connectivity index (χ0v) is 18.3. The maximum absolute atomic E-state index is 12.4. The number of amides is 1. The first kappa shape index (κ1) is 20.9. The number of rotatable bonds is 7. The zero-order chi connectivity index (χ0) is 20.3. The van der Waals surface area contributed by atoms with Gasteiger partial charge in [0.05, 0.1) is 6.10 Å². The highest BCUT2D eigenvalue weighted by atomic mass is 16.5. The Morgan fingerprint density at radius 3 is 2.48 bits per heavy atom. The molecule has 1 aliphatic heterocycles. The van der Waals surface area contributed by atoms with Crippen LogP contribution < -0.4 is 10.6 Å². The van der Waals surface area contributed by atoms with Gasteiger partial charge in [-0.2, -0.15) is 0 Å². The highest BCUT2D eigenvalue weighted by Crippen LogP contribution is 2.57. The Balaban J connectivity index is 1.14. The molecule has 1 heterocycles. The van der Waals surface area contributed by atoms with E-state index in [0.717, 1.165) is 71.1 Å². The lowest BCUT2D eigenvalue weighted by atomic mass is 9.51. The lowest BCUT2D eigenvalue weighted by molar-refractivity contribution is -0.168. The molecule has 1 saturated heterocycles. The average Bonchev–Trinajstić information content (AvgIpc) is 2.63. The predicted octanol–water partition coefficient (Wildman–Crippen LogP) is 1.44. The Labute approximate surface area is 175 Å². The molecule has 2 unspecified atom stereocenters. The van der Waals surface area contributed by atoms with Crippen LogP contribution in [0.25, 0.3) is 0 Å². The average molecular weight is 406 g/mol. The molecule has 0 radical (unpaired) electrons. The predicted molar refractivity (Wildman–Crippen MR) is 115 cm³/mol. The first-order valence-electron chi connectivity index (χ1n) is 11.8. The lowest BCUT2D eigenvalue weighted by Crippen LogP contribution is -2.68. The Hall–Kier alpha value is -1.34. The topological polar surface area (TPSA) is 69.2 Å². The van der Waals surface area contributed by atoms with Gasteiger partial charge in [-0.3, -0.25) is 14.7 Å². The number of hydrogen-bond acceptors (Lipinski definition) is 4. The maximum atomic E-state index is 12.4. The van der Waals surface area contributed by atoms with Crippen LogP contribution in [0.2, 0.25) is 0 Å². The fourth-order valence-corrected chi connectivity index (χ4v) is 5.44. The lowest BCUT2D eigenvalue weighted by Gasteiger charge is -2.61. The van der Waals surface area contributed by atoms with E-state index in [9.17, 15) is 4.79 Å². The molecule has 1 amide bonds. The van der Waals surface area contributed by atoms with E-state index in [1.807, 2.05) is 7.05 Å². The second-order valence-corrected chi connectivity index (χ2v) is 9.26. The van der Waals surface area contributed by atoms with Crippen molar-refractivity contribution in [1.82, 2.24) is 20.4 Å². The van der Waals surface area contributed by atoms with Crippen LogP contribution >= 0.6 is 0 Å². The number of carbonyl (C=O) groups excluding carboxylic acids is 1.